The van der Waals surface area contributed by atoms with E-state index in [1.807, 2.05) is 19.2 Å². The molecule has 21 heavy (non-hydrogen) atoms. The molecule has 2 aromatic rings. The zero-order valence-electron chi connectivity index (χ0n) is 11.2. The van der Waals surface area contributed by atoms with Crippen LogP contribution in [-0.2, 0) is 16.6 Å². The van der Waals surface area contributed by atoms with Crippen LogP contribution in [0.5, 0.6) is 0 Å². The summed E-state index contributed by atoms with van der Waals surface area (Å²) in [6, 6.07) is 12.2. The number of hydrogen-bond acceptors (Lipinski definition) is 3. The maximum Gasteiger partial charge on any atom is 0.261 e. The van der Waals surface area contributed by atoms with E-state index in [-0.39, 0.29) is 4.90 Å². The van der Waals surface area contributed by atoms with Crippen LogP contribution >= 0.6 is 31.9 Å². The zero-order chi connectivity index (χ0) is 15.5. The summed E-state index contributed by atoms with van der Waals surface area (Å²) >= 11 is 6.67. The van der Waals surface area contributed by atoms with Gasteiger partial charge in [-0.2, -0.15) is 0 Å². The monoisotopic (exact) mass is 432 g/mol. The van der Waals surface area contributed by atoms with Crippen LogP contribution in [-0.4, -0.2) is 15.5 Å². The smallest absolute Gasteiger partial charge is 0.261 e. The second-order valence-corrected chi connectivity index (χ2v) is 7.86. The molecule has 7 heteroatoms. The second-order valence-electron chi connectivity index (χ2n) is 4.41. The van der Waals surface area contributed by atoms with Crippen LogP contribution in [0.1, 0.15) is 5.56 Å². The van der Waals surface area contributed by atoms with Gasteiger partial charge < -0.3 is 5.32 Å². The average molecular weight is 434 g/mol. The van der Waals surface area contributed by atoms with Crippen molar-refractivity contribution in [3.8, 4) is 0 Å². The molecule has 2 rings (SSSR count). The molecule has 0 unspecified atom stereocenters. The fourth-order valence-corrected chi connectivity index (χ4v) is 3.78. The largest absolute Gasteiger partial charge is 0.316 e. The van der Waals surface area contributed by atoms with E-state index in [2.05, 4.69) is 41.9 Å². The Labute approximate surface area is 141 Å². The van der Waals surface area contributed by atoms with Crippen molar-refractivity contribution in [1.29, 1.82) is 0 Å². The number of rotatable bonds is 5. The lowest BCUT2D eigenvalue weighted by atomic mass is 10.2. The van der Waals surface area contributed by atoms with E-state index in [1.54, 1.807) is 30.3 Å². The molecule has 0 aliphatic rings. The van der Waals surface area contributed by atoms with Gasteiger partial charge in [0.15, 0.2) is 0 Å². The Bertz CT molecular complexity index is 748. The van der Waals surface area contributed by atoms with Crippen molar-refractivity contribution in [3.63, 3.8) is 0 Å². The molecule has 4 nitrogen and oxygen atoms in total. The predicted molar refractivity (Wildman–Crippen MR) is 91.9 cm³/mol. The van der Waals surface area contributed by atoms with E-state index in [0.29, 0.717) is 16.7 Å². The minimum absolute atomic E-state index is 0.238. The number of sulfonamides is 1. The van der Waals surface area contributed by atoms with E-state index in [9.17, 15) is 8.42 Å². The van der Waals surface area contributed by atoms with Gasteiger partial charge in [-0.1, -0.05) is 28.1 Å². The van der Waals surface area contributed by atoms with E-state index >= 15 is 0 Å². The van der Waals surface area contributed by atoms with Gasteiger partial charge >= 0.3 is 0 Å². The molecular weight excluding hydrogens is 420 g/mol. The molecule has 0 amide bonds. The molecule has 0 heterocycles. The molecule has 0 fully saturated rings. The van der Waals surface area contributed by atoms with E-state index in [4.69, 9.17) is 0 Å². The van der Waals surface area contributed by atoms with Crippen LogP contribution < -0.4 is 10.0 Å². The van der Waals surface area contributed by atoms with E-state index in [0.717, 1.165) is 10.0 Å². The molecule has 112 valence electrons. The number of benzene rings is 2. The summed E-state index contributed by atoms with van der Waals surface area (Å²) in [7, 11) is -1.80. The number of nitrogens with one attached hydrogen (secondary N) is 2. The first-order chi connectivity index (χ1) is 9.92. The minimum atomic E-state index is -3.62. The fraction of sp³-hybridized carbons (Fsp3) is 0.143. The molecule has 0 aromatic heterocycles. The van der Waals surface area contributed by atoms with Crippen molar-refractivity contribution < 1.29 is 8.42 Å². The van der Waals surface area contributed by atoms with Gasteiger partial charge in [0.1, 0.15) is 0 Å². The lowest BCUT2D eigenvalue weighted by Crippen LogP contribution is -2.14. The van der Waals surface area contributed by atoms with Crippen molar-refractivity contribution in [2.24, 2.45) is 0 Å². The summed E-state index contributed by atoms with van der Waals surface area (Å²) in [5, 5.41) is 3.00. The summed E-state index contributed by atoms with van der Waals surface area (Å²) in [5.41, 5.74) is 1.40. The van der Waals surface area contributed by atoms with Gasteiger partial charge in [0.2, 0.25) is 0 Å². The molecule has 0 spiro atoms. The highest BCUT2D eigenvalue weighted by Crippen LogP contribution is 2.28. The Hall–Kier alpha value is -0.890. The maximum atomic E-state index is 12.5. The highest BCUT2D eigenvalue weighted by molar-refractivity contribution is 9.11. The average Bonchev–Trinajstić information content (AvgIpc) is 2.43. The van der Waals surface area contributed by atoms with Crippen LogP contribution in [0.3, 0.4) is 0 Å². The third-order valence-corrected chi connectivity index (χ3v) is 5.31. The minimum Gasteiger partial charge on any atom is -0.316 e. The quantitative estimate of drug-likeness (QED) is 0.755. The normalized spacial score (nSPS) is 11.4. The first-order valence-electron chi connectivity index (χ1n) is 6.14. The van der Waals surface area contributed by atoms with E-state index < -0.39 is 10.0 Å². The van der Waals surface area contributed by atoms with Gasteiger partial charge in [-0.05, 0) is 58.9 Å². The number of hydrogen-bond donors (Lipinski definition) is 2. The molecule has 0 atom stereocenters. The van der Waals surface area contributed by atoms with Gasteiger partial charge in [0, 0.05) is 15.5 Å². The van der Waals surface area contributed by atoms with Gasteiger partial charge in [-0.3, -0.25) is 4.72 Å². The van der Waals surface area contributed by atoms with Crippen molar-refractivity contribution in [2.75, 3.05) is 11.8 Å². The Morgan fingerprint density at radius 2 is 1.86 bits per heavy atom. The molecule has 0 saturated carbocycles. The van der Waals surface area contributed by atoms with Crippen LogP contribution in [0.15, 0.2) is 56.3 Å². The summed E-state index contributed by atoms with van der Waals surface area (Å²) in [6.07, 6.45) is 0. The Kier molecular flexibility index (Phi) is 5.43. The molecular formula is C14H14Br2N2O2S. The van der Waals surface area contributed by atoms with Gasteiger partial charge in [0.05, 0.1) is 10.6 Å². The summed E-state index contributed by atoms with van der Waals surface area (Å²) < 4.78 is 29.0. The van der Waals surface area contributed by atoms with Crippen molar-refractivity contribution >= 4 is 47.6 Å². The third-order valence-electron chi connectivity index (χ3n) is 2.76. The molecule has 2 aromatic carbocycles. The van der Waals surface area contributed by atoms with E-state index in [1.165, 1.54) is 0 Å². The van der Waals surface area contributed by atoms with Crippen molar-refractivity contribution in [2.45, 2.75) is 11.4 Å². The first kappa shape index (κ1) is 16.5. The molecule has 0 aliphatic heterocycles. The van der Waals surface area contributed by atoms with Crippen LogP contribution in [0.2, 0.25) is 0 Å². The third kappa shape index (κ3) is 4.29. The summed E-state index contributed by atoms with van der Waals surface area (Å²) in [5.74, 6) is 0. The Morgan fingerprint density at radius 3 is 2.57 bits per heavy atom. The molecule has 0 aliphatic carbocycles. The highest BCUT2D eigenvalue weighted by Gasteiger charge is 2.16. The SMILES string of the molecule is CNCc1cccc(S(=O)(=O)Nc2cc(Br)ccc2Br)c1. The predicted octanol–water partition coefficient (Wildman–Crippen LogP) is 3.73. The molecule has 0 radical (unpaired) electrons. The van der Waals surface area contributed by atoms with Crippen LogP contribution in [0, 0.1) is 0 Å². The topological polar surface area (TPSA) is 58.2 Å². The van der Waals surface area contributed by atoms with Crippen molar-refractivity contribution in [3.05, 3.63) is 57.0 Å². The number of halogens is 2. The number of anilines is 1. The van der Waals surface area contributed by atoms with Gasteiger partial charge in [-0.15, -0.1) is 0 Å². The summed E-state index contributed by atoms with van der Waals surface area (Å²) in [4.78, 5) is 0.238. The lowest BCUT2D eigenvalue weighted by Gasteiger charge is -2.11. The molecule has 2 N–H and O–H groups in total. The van der Waals surface area contributed by atoms with Gasteiger partial charge in [-0.25, -0.2) is 8.42 Å². The highest BCUT2D eigenvalue weighted by atomic mass is 79.9. The molecule has 0 saturated heterocycles. The molecule has 0 bridgehead atoms. The maximum absolute atomic E-state index is 12.5. The van der Waals surface area contributed by atoms with Gasteiger partial charge in [0.25, 0.3) is 10.0 Å². The second kappa shape index (κ2) is 6.91. The Balaban J connectivity index is 2.34. The fourth-order valence-electron chi connectivity index (χ4n) is 1.81. The summed E-state index contributed by atoms with van der Waals surface area (Å²) in [6.45, 7) is 0.615. The lowest BCUT2D eigenvalue weighted by molar-refractivity contribution is 0.601. The van der Waals surface area contributed by atoms with Crippen LogP contribution in [0.4, 0.5) is 5.69 Å². The Morgan fingerprint density at radius 1 is 1.10 bits per heavy atom. The zero-order valence-corrected chi connectivity index (χ0v) is 15.2. The van der Waals surface area contributed by atoms with Crippen molar-refractivity contribution in [1.82, 2.24) is 5.32 Å². The standard InChI is InChI=1S/C14H14Br2N2O2S/c1-17-9-10-3-2-4-12(7-10)21(19,20)18-14-8-11(15)5-6-13(14)16/h2-8,17-18H,9H2,1H3. The van der Waals surface area contributed by atoms with Crippen LogP contribution in [0.25, 0.3) is 0 Å². The first-order valence-corrected chi connectivity index (χ1v) is 9.21.